The smallest absolute Gasteiger partial charge is 0.320 e. The zero-order valence-electron chi connectivity index (χ0n) is 23.9. The number of amides is 2. The Morgan fingerprint density at radius 2 is 1.95 bits per heavy atom. The number of anilines is 1. The van der Waals surface area contributed by atoms with E-state index in [4.69, 9.17) is 23.8 Å². The molecule has 0 radical (unpaired) electrons. The molecule has 1 aromatic heterocycles. The lowest BCUT2D eigenvalue weighted by Crippen LogP contribution is -2.42. The lowest BCUT2D eigenvalue weighted by atomic mass is 10.0. The van der Waals surface area contributed by atoms with Gasteiger partial charge in [0.05, 0.1) is 30.5 Å². The number of urea groups is 1. The number of halogens is 2. The second kappa shape index (κ2) is 12.7. The van der Waals surface area contributed by atoms with E-state index in [0.717, 1.165) is 12.1 Å². The van der Waals surface area contributed by atoms with Gasteiger partial charge < -0.3 is 24.3 Å². The number of benzene rings is 2. The highest BCUT2D eigenvalue weighted by Gasteiger charge is 2.37. The van der Waals surface area contributed by atoms with Crippen LogP contribution in [-0.2, 0) is 19.0 Å². The maximum Gasteiger partial charge on any atom is 0.320 e. The number of hydroxylamine groups is 2. The molecule has 2 fully saturated rings. The molecule has 2 amide bonds. The molecule has 2 saturated heterocycles. The zero-order chi connectivity index (χ0) is 29.9. The Balaban J connectivity index is 1.34. The van der Waals surface area contributed by atoms with Crippen molar-refractivity contribution in [1.82, 2.24) is 20.2 Å². The van der Waals surface area contributed by atoms with Crippen molar-refractivity contribution < 1.29 is 37.4 Å². The van der Waals surface area contributed by atoms with E-state index in [-0.39, 0.29) is 12.7 Å². The van der Waals surface area contributed by atoms with Crippen molar-refractivity contribution >= 4 is 11.8 Å². The lowest BCUT2D eigenvalue weighted by molar-refractivity contribution is -0.154. The van der Waals surface area contributed by atoms with Crippen molar-refractivity contribution in [3.05, 3.63) is 71.3 Å². The molecule has 3 aromatic rings. The molecular weight excluding hydrogens is 552 g/mol. The van der Waals surface area contributed by atoms with Crippen molar-refractivity contribution in [2.45, 2.75) is 44.8 Å². The third kappa shape index (κ3) is 6.88. The number of rotatable bonds is 10. The van der Waals surface area contributed by atoms with Gasteiger partial charge in [-0.25, -0.2) is 18.3 Å². The highest BCUT2D eigenvalue weighted by Crippen LogP contribution is 2.32. The molecule has 42 heavy (non-hydrogen) atoms. The number of nitrogens with one attached hydrogen (secondary N) is 2. The molecule has 3 atom stereocenters. The van der Waals surface area contributed by atoms with Gasteiger partial charge in [-0.05, 0) is 50.6 Å². The molecule has 3 heterocycles. The fourth-order valence-corrected chi connectivity index (χ4v) is 4.88. The van der Waals surface area contributed by atoms with E-state index in [9.17, 15) is 13.6 Å². The van der Waals surface area contributed by atoms with E-state index >= 15 is 0 Å². The number of aromatic nitrogens is 2. The minimum Gasteiger partial charge on any atom is -0.473 e. The summed E-state index contributed by atoms with van der Waals surface area (Å²) in [5.41, 5.74) is 1.71. The minimum absolute atomic E-state index is 0.217. The van der Waals surface area contributed by atoms with Gasteiger partial charge in [0.2, 0.25) is 5.88 Å². The highest BCUT2D eigenvalue weighted by molar-refractivity contribution is 5.90. The third-order valence-corrected chi connectivity index (χ3v) is 6.95. The van der Waals surface area contributed by atoms with Crippen LogP contribution in [0.5, 0.6) is 5.88 Å². The second-order valence-electron chi connectivity index (χ2n) is 10.6. The van der Waals surface area contributed by atoms with Gasteiger partial charge in [-0.3, -0.25) is 10.2 Å². The van der Waals surface area contributed by atoms with Crippen molar-refractivity contribution in [2.24, 2.45) is 0 Å². The van der Waals surface area contributed by atoms with Crippen LogP contribution in [0.15, 0.2) is 48.5 Å². The van der Waals surface area contributed by atoms with Gasteiger partial charge in [-0.15, -0.1) is 5.10 Å². The number of nitrogens with zero attached hydrogens (tertiary/aromatic N) is 3. The molecule has 2 aliphatic rings. The fourth-order valence-electron chi connectivity index (χ4n) is 4.88. The van der Waals surface area contributed by atoms with Crippen LogP contribution in [0.1, 0.15) is 31.1 Å². The van der Waals surface area contributed by atoms with Gasteiger partial charge >= 0.3 is 6.03 Å². The average molecular weight is 588 g/mol. The molecule has 0 bridgehead atoms. The maximum atomic E-state index is 14.1. The summed E-state index contributed by atoms with van der Waals surface area (Å²) in [6.45, 7) is 7.19. The van der Waals surface area contributed by atoms with Crippen LogP contribution >= 0.6 is 0 Å². The van der Waals surface area contributed by atoms with Crippen molar-refractivity contribution in [2.75, 3.05) is 45.3 Å². The van der Waals surface area contributed by atoms with Crippen molar-refractivity contribution in [3.8, 4) is 11.6 Å². The van der Waals surface area contributed by atoms with Crippen LogP contribution in [0, 0.1) is 18.6 Å². The summed E-state index contributed by atoms with van der Waals surface area (Å²) in [7, 11) is 1.57. The van der Waals surface area contributed by atoms with Gasteiger partial charge in [0, 0.05) is 20.2 Å². The van der Waals surface area contributed by atoms with E-state index in [1.54, 1.807) is 23.8 Å². The molecule has 13 heteroatoms. The molecule has 2 aliphatic heterocycles. The summed E-state index contributed by atoms with van der Waals surface area (Å²) in [5.74, 6) is -1.91. The topological polar surface area (TPSA) is 108 Å². The van der Waals surface area contributed by atoms with E-state index in [1.165, 1.54) is 6.07 Å². The van der Waals surface area contributed by atoms with Crippen LogP contribution in [0.25, 0.3) is 5.69 Å². The number of carbonyl (C=O) groups is 1. The van der Waals surface area contributed by atoms with Crippen LogP contribution in [0.4, 0.5) is 19.4 Å². The Morgan fingerprint density at radius 3 is 2.64 bits per heavy atom. The standard InChI is InChI=1S/C29H35F2N5O6/c1-18-26(36(20-8-6-5-7-9-20)34-27(18)39-16-21-17-40-29(2,3)41-21)33-28(37)32-24-15-35(12-13-38-4)42-25(24)19-10-11-22(30)23(31)14-19/h5-11,14,21,24-25H,12-13,15-17H2,1-4H3,(H2,32,33,37)/t21?,24-,25+/m1/s1. The molecule has 2 N–H and O–H groups in total. The van der Waals surface area contributed by atoms with Crippen LogP contribution in [0.3, 0.4) is 0 Å². The number of hydrogen-bond donors (Lipinski definition) is 2. The Kier molecular flexibility index (Phi) is 9.04. The van der Waals surface area contributed by atoms with E-state index in [0.29, 0.717) is 54.8 Å². The second-order valence-corrected chi connectivity index (χ2v) is 10.6. The molecule has 2 aromatic carbocycles. The number of methoxy groups -OCH3 is 1. The van der Waals surface area contributed by atoms with Crippen LogP contribution in [0.2, 0.25) is 0 Å². The summed E-state index contributed by atoms with van der Waals surface area (Å²) in [4.78, 5) is 19.4. The predicted molar refractivity (Wildman–Crippen MR) is 148 cm³/mol. The quantitative estimate of drug-likeness (QED) is 0.365. The van der Waals surface area contributed by atoms with Crippen LogP contribution < -0.4 is 15.4 Å². The summed E-state index contributed by atoms with van der Waals surface area (Å²) >= 11 is 0. The molecule has 0 saturated carbocycles. The Morgan fingerprint density at radius 1 is 1.17 bits per heavy atom. The number of hydrogen-bond acceptors (Lipinski definition) is 8. The average Bonchev–Trinajstić information content (AvgIpc) is 3.63. The zero-order valence-corrected chi connectivity index (χ0v) is 23.9. The van der Waals surface area contributed by atoms with Gasteiger partial charge in [0.15, 0.2) is 17.4 Å². The highest BCUT2D eigenvalue weighted by atomic mass is 19.2. The Hall–Kier alpha value is -3.62. The molecular formula is C29H35F2N5O6. The first-order valence-corrected chi connectivity index (χ1v) is 13.7. The minimum atomic E-state index is -0.998. The van der Waals surface area contributed by atoms with Gasteiger partial charge in [0.25, 0.3) is 0 Å². The fraction of sp³-hybridized carbons (Fsp3) is 0.448. The van der Waals surface area contributed by atoms with E-state index in [1.807, 2.05) is 44.2 Å². The number of para-hydroxylation sites is 1. The molecule has 0 aliphatic carbocycles. The van der Waals surface area contributed by atoms with Gasteiger partial charge in [0.1, 0.15) is 24.6 Å². The molecule has 1 unspecified atom stereocenters. The number of carbonyl (C=O) groups excluding carboxylic acids is 1. The SMILES string of the molecule is COCCN1C[C@@H](NC(=O)Nc2c(C)c(OCC3COC(C)(C)O3)nn2-c2ccccc2)[C@H](c2ccc(F)c(F)c2)O1. The van der Waals surface area contributed by atoms with Crippen molar-refractivity contribution in [3.63, 3.8) is 0 Å². The predicted octanol–water partition coefficient (Wildman–Crippen LogP) is 4.11. The summed E-state index contributed by atoms with van der Waals surface area (Å²) in [5, 5.41) is 12.1. The van der Waals surface area contributed by atoms with Crippen molar-refractivity contribution in [1.29, 1.82) is 0 Å². The van der Waals surface area contributed by atoms with Crippen LogP contribution in [-0.4, -0.2) is 78.8 Å². The number of ether oxygens (including phenoxy) is 4. The van der Waals surface area contributed by atoms with E-state index < -0.39 is 35.6 Å². The lowest BCUT2D eigenvalue weighted by Gasteiger charge is -2.20. The van der Waals surface area contributed by atoms with Gasteiger partial charge in [-0.1, -0.05) is 24.3 Å². The van der Waals surface area contributed by atoms with Gasteiger partial charge in [-0.2, -0.15) is 5.06 Å². The first-order valence-electron chi connectivity index (χ1n) is 13.7. The third-order valence-electron chi connectivity index (χ3n) is 6.95. The first kappa shape index (κ1) is 29.9. The van der Waals surface area contributed by atoms with E-state index in [2.05, 4.69) is 15.7 Å². The summed E-state index contributed by atoms with van der Waals surface area (Å²) in [6.07, 6.45) is -1.02. The molecule has 5 rings (SSSR count). The molecule has 0 spiro atoms. The summed E-state index contributed by atoms with van der Waals surface area (Å²) in [6, 6.07) is 11.7. The largest absolute Gasteiger partial charge is 0.473 e. The molecule has 11 nitrogen and oxygen atoms in total. The first-order chi connectivity index (χ1) is 20.1. The molecule has 226 valence electrons. The normalized spacial score (nSPS) is 21.9. The Bertz CT molecular complexity index is 1390. The summed E-state index contributed by atoms with van der Waals surface area (Å²) < 4.78 is 51.9. The monoisotopic (exact) mass is 587 g/mol. The Labute approximate surface area is 242 Å². The maximum absolute atomic E-state index is 14.1.